The molecule has 548 valence electrons. The van der Waals surface area contributed by atoms with Gasteiger partial charge in [-0.15, -0.1) is 0 Å². The van der Waals surface area contributed by atoms with E-state index in [1.807, 2.05) is 18.5 Å². The molecule has 6 atom stereocenters. The van der Waals surface area contributed by atoms with E-state index in [4.69, 9.17) is 48.6 Å². The van der Waals surface area contributed by atoms with E-state index in [9.17, 15) is 19.2 Å². The van der Waals surface area contributed by atoms with Crippen LogP contribution in [0.2, 0.25) is 103 Å². The minimum Gasteiger partial charge on any atom is -0.370 e. The van der Waals surface area contributed by atoms with Gasteiger partial charge in [0.2, 0.25) is 23.6 Å². The second-order valence-corrected chi connectivity index (χ2v) is 57.0. The Labute approximate surface area is 593 Å². The number of nitrogens with zero attached hydrogens (tertiary/aromatic N) is 12. The third-order valence-corrected chi connectivity index (χ3v) is 28.2. The van der Waals surface area contributed by atoms with Crippen molar-refractivity contribution < 1.29 is 56.4 Å². The molecule has 28 heteroatoms. The summed E-state index contributed by atoms with van der Waals surface area (Å²) in [6, 6.07) is 8.93. The molecule has 0 bridgehead atoms. The SMILES string of the molecule is CC(C(=O)N(C)c1cc(F)c2c(c1)nc(-c1nn(COCC[Si](C)(C)C)c3c1C[C@@H]1C[C@]1(C)C3)n2COCC[Si](C)(C)C)N1CCOCC1=O.CC(C(=O)N(C)c1cc(F)c2nc(-c3nn(COCC[Si](C)(C)C)c4c3C[C@@H]3C[C@]3(C)C4)n(COCC[Si](C)(C)C)c2c1)N1CCOCC1=O. The molecular weight excluding hydrogens is 1340 g/mol. The molecule has 4 aromatic heterocycles. The normalized spacial score (nSPS) is 21.4. The van der Waals surface area contributed by atoms with Crippen molar-refractivity contribution in [2.45, 2.75) is 208 Å². The van der Waals surface area contributed by atoms with Crippen LogP contribution in [-0.2, 0) is 100 Å². The smallest absolute Gasteiger partial charge is 0.249 e. The lowest BCUT2D eigenvalue weighted by atomic mass is 9.87. The van der Waals surface area contributed by atoms with Crippen LogP contribution in [0.5, 0.6) is 0 Å². The molecule has 2 unspecified atom stereocenters. The Morgan fingerprint density at radius 2 is 0.980 bits per heavy atom. The number of ether oxygens (including phenoxy) is 6. The number of hydrogen-bond donors (Lipinski definition) is 0. The van der Waals surface area contributed by atoms with E-state index >= 15 is 8.78 Å². The van der Waals surface area contributed by atoms with Crippen LogP contribution in [0.1, 0.15) is 63.1 Å². The largest absolute Gasteiger partial charge is 0.370 e. The van der Waals surface area contributed by atoms with Gasteiger partial charge >= 0.3 is 0 Å². The number of aromatic nitrogens is 8. The Balaban J connectivity index is 0.000000202. The molecule has 0 spiro atoms. The second-order valence-electron chi connectivity index (χ2n) is 34.6. The maximum absolute atomic E-state index is 16.4. The van der Waals surface area contributed by atoms with E-state index in [0.717, 1.165) is 72.4 Å². The van der Waals surface area contributed by atoms with Crippen molar-refractivity contribution in [3.8, 4) is 23.0 Å². The molecule has 0 N–H and O–H groups in total. The van der Waals surface area contributed by atoms with Crippen LogP contribution in [0.3, 0.4) is 0 Å². The van der Waals surface area contributed by atoms with Gasteiger partial charge in [0, 0.05) is 120 Å². The van der Waals surface area contributed by atoms with Crippen molar-refractivity contribution in [3.63, 3.8) is 0 Å². The topological polar surface area (TPSA) is 208 Å². The van der Waals surface area contributed by atoms with Gasteiger partial charge in [-0.2, -0.15) is 10.2 Å². The van der Waals surface area contributed by atoms with Crippen LogP contribution >= 0.6 is 0 Å². The number of carbonyl (C=O) groups excluding carboxylic acids is 4. The number of benzene rings is 2. The van der Waals surface area contributed by atoms with E-state index in [-0.39, 0.29) is 66.7 Å². The number of halogens is 2. The lowest BCUT2D eigenvalue weighted by Gasteiger charge is -2.33. The fourth-order valence-electron chi connectivity index (χ4n) is 14.3. The van der Waals surface area contributed by atoms with Gasteiger partial charge in [-0.3, -0.25) is 28.3 Å². The molecule has 6 aliphatic rings. The third kappa shape index (κ3) is 17.0. The highest BCUT2D eigenvalue weighted by molar-refractivity contribution is 6.77. The van der Waals surface area contributed by atoms with Crippen LogP contribution in [-0.4, -0.2) is 197 Å². The zero-order valence-electron chi connectivity index (χ0n) is 62.8. The van der Waals surface area contributed by atoms with Crippen LogP contribution in [0.15, 0.2) is 24.3 Å². The first-order chi connectivity index (χ1) is 46.9. The number of imidazole rings is 2. The number of hydrogen-bond acceptors (Lipinski definition) is 14. The molecule has 22 nitrogen and oxygen atoms in total. The fourth-order valence-corrected chi connectivity index (χ4v) is 17.3. The summed E-state index contributed by atoms with van der Waals surface area (Å²) in [5.41, 5.74) is 8.94. The van der Waals surface area contributed by atoms with Gasteiger partial charge in [0.1, 0.15) is 74.6 Å². The van der Waals surface area contributed by atoms with Gasteiger partial charge in [0.05, 0.1) is 24.2 Å². The summed E-state index contributed by atoms with van der Waals surface area (Å²) in [6.07, 6.45) is 6.03. The molecule has 2 saturated carbocycles. The first-order valence-electron chi connectivity index (χ1n) is 36.1. The maximum atomic E-state index is 16.4. The molecule has 6 heterocycles. The molecule has 0 radical (unpaired) electrons. The zero-order chi connectivity index (χ0) is 72.3. The minimum atomic E-state index is -1.36. The summed E-state index contributed by atoms with van der Waals surface area (Å²) in [5, 5.41) is 10.3. The van der Waals surface area contributed by atoms with Crippen LogP contribution < -0.4 is 9.80 Å². The van der Waals surface area contributed by atoms with E-state index in [1.54, 1.807) is 40.1 Å². The number of rotatable bonds is 28. The molecule has 4 fully saturated rings. The summed E-state index contributed by atoms with van der Waals surface area (Å²) in [4.78, 5) is 68.0. The van der Waals surface area contributed by atoms with E-state index < -0.39 is 56.0 Å². The highest BCUT2D eigenvalue weighted by Gasteiger charge is 2.55. The fraction of sp³-hybridized carbons (Fsp3) is 0.667. The van der Waals surface area contributed by atoms with Gasteiger partial charge in [-0.1, -0.05) is 92.4 Å². The number of amides is 4. The average Bonchev–Trinajstić information content (AvgIpc) is 1.56. The third-order valence-electron chi connectivity index (χ3n) is 21.4. The van der Waals surface area contributed by atoms with Crippen LogP contribution in [0.25, 0.3) is 45.1 Å². The summed E-state index contributed by atoms with van der Waals surface area (Å²) >= 11 is 0. The average molecular weight is 1450 g/mol. The van der Waals surface area contributed by atoms with Gasteiger partial charge in [-0.25, -0.2) is 28.1 Å². The Kier molecular flexibility index (Phi) is 22.1. The molecule has 2 aromatic carbocycles. The lowest BCUT2D eigenvalue weighted by Crippen LogP contribution is -2.53. The highest BCUT2D eigenvalue weighted by Crippen LogP contribution is 2.61. The number of carbonyl (C=O) groups is 4. The molecule has 100 heavy (non-hydrogen) atoms. The predicted octanol–water partition coefficient (Wildman–Crippen LogP) is 12.0. The minimum absolute atomic E-state index is 0.0494. The first kappa shape index (κ1) is 75.3. The van der Waals surface area contributed by atoms with Crippen molar-refractivity contribution in [1.82, 2.24) is 48.5 Å². The Morgan fingerprint density at radius 3 is 1.41 bits per heavy atom. The Morgan fingerprint density at radius 1 is 0.580 bits per heavy atom. The number of likely N-dealkylation sites (N-methyl/N-ethyl adjacent to an activating group) is 2. The van der Waals surface area contributed by atoms with Gasteiger partial charge < -0.3 is 48.0 Å². The number of anilines is 2. The lowest BCUT2D eigenvalue weighted by molar-refractivity contribution is -0.149. The number of morpholine rings is 2. The summed E-state index contributed by atoms with van der Waals surface area (Å²) < 4.78 is 75.7. The monoisotopic (exact) mass is 1450 g/mol. The summed E-state index contributed by atoms with van der Waals surface area (Å²) in [7, 11) is -1.99. The Hall–Kier alpha value is -5.83. The van der Waals surface area contributed by atoms with E-state index in [1.165, 1.54) is 56.0 Å². The predicted molar refractivity (Wildman–Crippen MR) is 396 cm³/mol. The molecule has 6 aromatic rings. The molecule has 4 amide bonds. The highest BCUT2D eigenvalue weighted by atomic mass is 28.3. The molecule has 2 saturated heterocycles. The van der Waals surface area contributed by atoms with Gasteiger partial charge in [0.25, 0.3) is 0 Å². The van der Waals surface area contributed by atoms with Crippen molar-refractivity contribution in [3.05, 3.63) is 58.4 Å². The van der Waals surface area contributed by atoms with Gasteiger partial charge in [-0.05, 0) is 123 Å². The summed E-state index contributed by atoms with van der Waals surface area (Å²) in [5.74, 6) is 0.167. The molecule has 2 aliphatic heterocycles. The van der Waals surface area contributed by atoms with Crippen LogP contribution in [0, 0.1) is 34.3 Å². The molecular formula is C72H110F2N12O10Si4. The second kappa shape index (κ2) is 29.4. The zero-order valence-corrected chi connectivity index (χ0v) is 66.8. The van der Waals surface area contributed by atoms with Crippen molar-refractivity contribution >= 4 is 89.4 Å². The van der Waals surface area contributed by atoms with Crippen LogP contribution in [0.4, 0.5) is 20.2 Å². The van der Waals surface area contributed by atoms with Crippen molar-refractivity contribution in [2.75, 3.05) is 89.8 Å². The maximum Gasteiger partial charge on any atom is 0.249 e. The quantitative estimate of drug-likeness (QED) is 0.0331. The van der Waals surface area contributed by atoms with Crippen molar-refractivity contribution in [1.29, 1.82) is 0 Å². The number of fused-ring (bicyclic) bond motifs is 6. The summed E-state index contributed by atoms with van der Waals surface area (Å²) in [6.45, 7) is 40.9. The molecule has 12 rings (SSSR count). The van der Waals surface area contributed by atoms with E-state index in [0.29, 0.717) is 118 Å². The Bertz CT molecular complexity index is 3940. The van der Waals surface area contributed by atoms with Crippen molar-refractivity contribution in [2.24, 2.45) is 22.7 Å². The first-order valence-corrected chi connectivity index (χ1v) is 50.9. The standard InChI is InChI=1S/2C36H55FN6O5Si2/c1-24(41-10-11-46-21-31(41)44)35(45)40(3)26-17-28(37)33-29(18-26)42(22-47-12-14-49(4,5)6)34(38-33)32-27-16-25-19-36(25,2)20-30(27)43(39-32)23-48-13-15-50(7,8)9;1-24(41-10-11-46-21-31(41)44)35(45)40(3)26-17-28(37)33-29(18-26)38-34(42(33)22-47-12-14-49(4,5)6)32-27-16-25-19-36(25,2)20-30(27)43(39-32)23-48-13-15-50(7,8)9/h2*17-18,24-25H,10-16,19-23H2,1-9H3/t2*24?,25-,36-/m11/s1. The molecule has 4 aliphatic carbocycles. The van der Waals surface area contributed by atoms with Gasteiger partial charge in [0.15, 0.2) is 23.3 Å². The van der Waals surface area contributed by atoms with E-state index in [2.05, 4.69) is 92.4 Å².